The van der Waals surface area contributed by atoms with E-state index in [2.05, 4.69) is 9.97 Å². The van der Waals surface area contributed by atoms with Crippen LogP contribution in [-0.4, -0.2) is 33.9 Å². The molecule has 5 rings (SSSR count). The first kappa shape index (κ1) is 20.7. The van der Waals surface area contributed by atoms with Crippen LogP contribution in [0.3, 0.4) is 0 Å². The third-order valence-electron chi connectivity index (χ3n) is 5.37. The second-order valence-corrected chi connectivity index (χ2v) is 8.39. The summed E-state index contributed by atoms with van der Waals surface area (Å²) in [6, 6.07) is 16.3. The third kappa shape index (κ3) is 3.48. The van der Waals surface area contributed by atoms with Crippen LogP contribution in [-0.2, 0) is 9.59 Å². The molecule has 0 spiro atoms. The number of nitrogen functional groups attached to an aromatic ring is 1. The molecule has 1 amide bonds. The molecular weight excluding hydrogens is 440 g/mol. The van der Waals surface area contributed by atoms with E-state index in [1.807, 2.05) is 6.07 Å². The summed E-state index contributed by atoms with van der Waals surface area (Å²) in [4.78, 5) is 36.4. The van der Waals surface area contributed by atoms with Crippen LogP contribution in [0, 0.1) is 0 Å². The second-order valence-electron chi connectivity index (χ2n) is 7.38. The molecule has 1 atom stereocenters. The van der Waals surface area contributed by atoms with Gasteiger partial charge in [0.25, 0.3) is 5.78 Å². The fourth-order valence-electron chi connectivity index (χ4n) is 3.84. The van der Waals surface area contributed by atoms with Crippen molar-refractivity contribution in [3.63, 3.8) is 0 Å². The molecule has 3 heterocycles. The van der Waals surface area contributed by atoms with Crippen molar-refractivity contribution in [1.29, 1.82) is 0 Å². The molecule has 9 heteroatoms. The van der Waals surface area contributed by atoms with Crippen molar-refractivity contribution in [1.82, 2.24) is 9.97 Å². The molecule has 3 N–H and O–H groups in total. The van der Waals surface area contributed by atoms with Crippen LogP contribution in [0.2, 0.25) is 0 Å². The molecule has 0 bridgehead atoms. The molecule has 1 saturated heterocycles. The molecule has 1 aliphatic rings. The number of aliphatic hydroxyl groups is 1. The number of carbonyl (C=O) groups excluding carboxylic acids is 2. The van der Waals surface area contributed by atoms with E-state index in [0.717, 1.165) is 4.70 Å². The highest BCUT2D eigenvalue weighted by Crippen LogP contribution is 2.44. The van der Waals surface area contributed by atoms with Crippen LogP contribution >= 0.6 is 11.3 Å². The normalized spacial score (nSPS) is 17.6. The molecule has 0 radical (unpaired) electrons. The van der Waals surface area contributed by atoms with Crippen LogP contribution in [0.1, 0.15) is 17.3 Å². The van der Waals surface area contributed by atoms with Gasteiger partial charge in [-0.3, -0.25) is 19.5 Å². The largest absolute Gasteiger partial charge is 0.505 e. The fourth-order valence-corrected chi connectivity index (χ4v) is 4.86. The maximum absolute atomic E-state index is 13.2. The lowest BCUT2D eigenvalue weighted by atomic mass is 9.96. The summed E-state index contributed by atoms with van der Waals surface area (Å²) in [5.41, 5.74) is 7.82. The molecule has 164 valence electrons. The van der Waals surface area contributed by atoms with E-state index < -0.39 is 17.7 Å². The molecule has 4 aromatic rings. The average molecular weight is 458 g/mol. The Morgan fingerprint density at radius 3 is 2.70 bits per heavy atom. The Bertz CT molecular complexity index is 1430. The topological polar surface area (TPSA) is 119 Å². The number of nitrogens with two attached hydrogens (primary N) is 1. The number of pyridine rings is 1. The van der Waals surface area contributed by atoms with Gasteiger partial charge in [0.05, 0.1) is 28.9 Å². The molecule has 0 aliphatic carbocycles. The van der Waals surface area contributed by atoms with Crippen LogP contribution in [0.5, 0.6) is 5.75 Å². The van der Waals surface area contributed by atoms with Gasteiger partial charge < -0.3 is 15.6 Å². The molecule has 2 aromatic carbocycles. The zero-order valence-corrected chi connectivity index (χ0v) is 18.2. The van der Waals surface area contributed by atoms with Gasteiger partial charge >= 0.3 is 5.91 Å². The number of rotatable bonds is 4. The predicted molar refractivity (Wildman–Crippen MR) is 126 cm³/mol. The van der Waals surface area contributed by atoms with Crippen LogP contribution in [0.4, 0.5) is 10.8 Å². The highest BCUT2D eigenvalue weighted by Gasteiger charge is 2.48. The number of aromatic nitrogens is 2. The first-order chi connectivity index (χ1) is 16.0. The number of carbonyl (C=O) groups is 2. The predicted octanol–water partition coefficient (Wildman–Crippen LogP) is 3.91. The standard InChI is InChI=1S/C24H18N4O4S/c1-32-15-8-9-16-18(12-15)33-24(27-16)28-20(13-5-4-6-14(25)11-13)19(22(30)23(28)31)21(29)17-7-2-3-10-26-17/h2-12,20,29H,25H2,1H3/b21-19+. The van der Waals surface area contributed by atoms with Gasteiger partial charge in [-0.2, -0.15) is 0 Å². The van der Waals surface area contributed by atoms with Crippen molar-refractivity contribution >= 4 is 49.8 Å². The minimum atomic E-state index is -0.919. The average Bonchev–Trinajstić information content (AvgIpc) is 3.37. The van der Waals surface area contributed by atoms with Gasteiger partial charge in [0.15, 0.2) is 10.9 Å². The zero-order valence-electron chi connectivity index (χ0n) is 17.4. The Morgan fingerprint density at radius 1 is 1.12 bits per heavy atom. The summed E-state index contributed by atoms with van der Waals surface area (Å²) < 4.78 is 6.07. The van der Waals surface area contributed by atoms with Crippen molar-refractivity contribution in [3.8, 4) is 5.75 Å². The lowest BCUT2D eigenvalue weighted by Crippen LogP contribution is -2.29. The van der Waals surface area contributed by atoms with Crippen LogP contribution < -0.4 is 15.4 Å². The van der Waals surface area contributed by atoms with Crippen molar-refractivity contribution in [2.45, 2.75) is 6.04 Å². The van der Waals surface area contributed by atoms with Crippen molar-refractivity contribution < 1.29 is 19.4 Å². The first-order valence-corrected chi connectivity index (χ1v) is 10.8. The number of aliphatic hydroxyl groups excluding tert-OH is 1. The zero-order chi connectivity index (χ0) is 23.1. The lowest BCUT2D eigenvalue weighted by molar-refractivity contribution is -0.132. The van der Waals surface area contributed by atoms with Gasteiger partial charge in [-0.1, -0.05) is 29.5 Å². The van der Waals surface area contributed by atoms with Gasteiger partial charge in [-0.15, -0.1) is 0 Å². The molecular formula is C24H18N4O4S. The summed E-state index contributed by atoms with van der Waals surface area (Å²) >= 11 is 1.25. The smallest absolute Gasteiger partial charge is 0.301 e. The van der Waals surface area contributed by atoms with Gasteiger partial charge in [-0.05, 0) is 48.0 Å². The van der Waals surface area contributed by atoms with Crippen molar-refractivity contribution in [2.24, 2.45) is 0 Å². The number of ketones is 1. The number of Topliss-reactive ketones (excluding diaryl/α,β-unsaturated/α-hetero) is 1. The first-order valence-electron chi connectivity index (χ1n) is 10.0. The number of amides is 1. The van der Waals surface area contributed by atoms with Gasteiger partial charge in [-0.25, -0.2) is 4.98 Å². The summed E-state index contributed by atoms with van der Waals surface area (Å²) in [7, 11) is 1.57. The van der Waals surface area contributed by atoms with E-state index >= 15 is 0 Å². The number of anilines is 2. The number of hydrogen-bond donors (Lipinski definition) is 2. The summed E-state index contributed by atoms with van der Waals surface area (Å²) in [6.07, 6.45) is 1.50. The summed E-state index contributed by atoms with van der Waals surface area (Å²) in [6.45, 7) is 0. The van der Waals surface area contributed by atoms with E-state index in [1.54, 1.807) is 61.7 Å². The number of ether oxygens (including phenoxy) is 1. The number of benzene rings is 2. The number of fused-ring (bicyclic) bond motifs is 1. The molecule has 1 aliphatic heterocycles. The fraction of sp³-hybridized carbons (Fsp3) is 0.0833. The number of hydrogen-bond acceptors (Lipinski definition) is 8. The number of thiazole rings is 1. The Hall–Kier alpha value is -4.24. The highest BCUT2D eigenvalue weighted by molar-refractivity contribution is 7.22. The van der Waals surface area contributed by atoms with E-state index in [0.29, 0.717) is 27.6 Å². The van der Waals surface area contributed by atoms with Crippen LogP contribution in [0.15, 0.2) is 72.4 Å². The Morgan fingerprint density at radius 2 is 1.97 bits per heavy atom. The van der Waals surface area contributed by atoms with E-state index in [9.17, 15) is 14.7 Å². The SMILES string of the molecule is COc1ccc2nc(N3C(=O)C(=O)/C(=C(/O)c4ccccn4)C3c3cccc(N)c3)sc2c1. The van der Waals surface area contributed by atoms with Crippen LogP contribution in [0.25, 0.3) is 16.0 Å². The van der Waals surface area contributed by atoms with Gasteiger partial charge in [0, 0.05) is 11.9 Å². The second kappa shape index (κ2) is 8.03. The molecule has 1 unspecified atom stereocenters. The number of methoxy groups -OCH3 is 1. The Kier molecular flexibility index (Phi) is 5.02. The maximum Gasteiger partial charge on any atom is 0.301 e. The molecule has 2 aromatic heterocycles. The lowest BCUT2D eigenvalue weighted by Gasteiger charge is -2.23. The van der Waals surface area contributed by atoms with Crippen molar-refractivity contribution in [3.05, 3.63) is 83.7 Å². The van der Waals surface area contributed by atoms with E-state index in [-0.39, 0.29) is 17.0 Å². The van der Waals surface area contributed by atoms with E-state index in [4.69, 9.17) is 10.5 Å². The Labute approximate surface area is 192 Å². The highest BCUT2D eigenvalue weighted by atomic mass is 32.1. The molecule has 1 fully saturated rings. The van der Waals surface area contributed by atoms with Gasteiger partial charge in [0.1, 0.15) is 11.4 Å². The number of nitrogens with zero attached hydrogens (tertiary/aromatic N) is 3. The quantitative estimate of drug-likeness (QED) is 0.206. The van der Waals surface area contributed by atoms with E-state index in [1.165, 1.54) is 22.4 Å². The minimum absolute atomic E-state index is 0.0684. The van der Waals surface area contributed by atoms with Crippen molar-refractivity contribution in [2.75, 3.05) is 17.7 Å². The summed E-state index contributed by atoms with van der Waals surface area (Å²) in [5.74, 6) is -1.30. The van der Waals surface area contributed by atoms with Gasteiger partial charge in [0.2, 0.25) is 0 Å². The third-order valence-corrected chi connectivity index (χ3v) is 6.39. The maximum atomic E-state index is 13.2. The molecule has 33 heavy (non-hydrogen) atoms. The minimum Gasteiger partial charge on any atom is -0.505 e. The molecule has 8 nitrogen and oxygen atoms in total. The Balaban J connectivity index is 1.73. The molecule has 0 saturated carbocycles. The summed E-state index contributed by atoms with van der Waals surface area (Å²) in [5, 5.41) is 11.4. The monoisotopic (exact) mass is 458 g/mol.